The number of allylic oxidation sites excluding steroid dienone is 1. The highest BCUT2D eigenvalue weighted by molar-refractivity contribution is 5.91. The molecule has 2 aromatic rings. The molecule has 7 rings (SSSR count). The second kappa shape index (κ2) is 13.5. The van der Waals surface area contributed by atoms with Crippen LogP contribution in [0.2, 0.25) is 0 Å². The normalized spacial score (nSPS) is 40.0. The zero-order valence-corrected chi connectivity index (χ0v) is 34.2. The average molecular weight is 759 g/mol. The third-order valence-corrected chi connectivity index (χ3v) is 16.7. The van der Waals surface area contributed by atoms with E-state index in [1.165, 1.54) is 38.0 Å². The molecule has 0 aromatic heterocycles. The van der Waals surface area contributed by atoms with Crippen molar-refractivity contribution in [3.63, 3.8) is 0 Å². The van der Waals surface area contributed by atoms with Gasteiger partial charge in [0.05, 0.1) is 31.5 Å². The molecular formula is C46H62O9. The molecule has 2 aromatic carbocycles. The Morgan fingerprint density at radius 3 is 1.95 bits per heavy atom. The number of hydrogen-bond acceptors (Lipinski definition) is 9. The zero-order chi connectivity index (χ0) is 40.0. The Kier molecular flexibility index (Phi) is 9.66. The molecule has 5 fully saturated rings. The number of methoxy groups -OCH3 is 2. The fourth-order valence-corrected chi connectivity index (χ4v) is 13.9. The van der Waals surface area contributed by atoms with Gasteiger partial charge in [0, 0.05) is 11.3 Å². The van der Waals surface area contributed by atoms with E-state index in [0.717, 1.165) is 32.1 Å². The minimum absolute atomic E-state index is 0.0262. The molecule has 5 aliphatic rings. The lowest BCUT2D eigenvalue weighted by Gasteiger charge is -2.74. The van der Waals surface area contributed by atoms with Crippen LogP contribution in [0.5, 0.6) is 23.0 Å². The molecule has 300 valence electrons. The summed E-state index contributed by atoms with van der Waals surface area (Å²) in [5, 5.41) is 32.1. The number of phenolic OH excluding ortho intramolecular Hbond substituents is 2. The number of rotatable bonds is 7. The molecule has 5 saturated carbocycles. The van der Waals surface area contributed by atoms with Gasteiger partial charge in [-0.2, -0.15) is 0 Å². The number of ether oxygens (including phenoxy) is 4. The van der Waals surface area contributed by atoms with Gasteiger partial charge >= 0.3 is 11.9 Å². The summed E-state index contributed by atoms with van der Waals surface area (Å²) in [7, 11) is 2.92. The molecule has 9 heteroatoms. The molecule has 12 atom stereocenters. The number of aliphatic hydroxyl groups is 1. The number of fused-ring (bicyclic) bond motifs is 7. The van der Waals surface area contributed by atoms with E-state index in [0.29, 0.717) is 30.4 Å². The summed E-state index contributed by atoms with van der Waals surface area (Å²) in [5.41, 5.74) is 0.0332. The first-order chi connectivity index (χ1) is 25.8. The average Bonchev–Trinajstić information content (AvgIpc) is 3.48. The SMILES string of the molecule is C=C(C)[C@@H]1CC[C@]2(C)C[C@@H](OC(=O)c3ccc(O)c(OC)c3)[C@]3(C)C(C[C@@H](OC(=O)c4ccc(O)c(OC)c4)C4[C@@]5(C)CC[C@H](O)C(C)(C)C5CC[C@]43C)C12. The molecular weight excluding hydrogens is 696 g/mol. The van der Waals surface area contributed by atoms with Crippen LogP contribution in [0.3, 0.4) is 0 Å². The van der Waals surface area contributed by atoms with Crippen LogP contribution in [0.15, 0.2) is 48.6 Å². The highest BCUT2D eigenvalue weighted by Gasteiger charge is 2.76. The van der Waals surface area contributed by atoms with E-state index >= 15 is 0 Å². The molecule has 3 N–H and O–H groups in total. The van der Waals surface area contributed by atoms with Gasteiger partial charge in [0.1, 0.15) is 12.2 Å². The van der Waals surface area contributed by atoms with Crippen LogP contribution in [-0.4, -0.2) is 59.8 Å². The molecule has 0 bridgehead atoms. The van der Waals surface area contributed by atoms with Gasteiger partial charge in [0.2, 0.25) is 0 Å². The summed E-state index contributed by atoms with van der Waals surface area (Å²) < 4.78 is 24.4. The molecule has 4 unspecified atom stereocenters. The van der Waals surface area contributed by atoms with Crippen LogP contribution in [0, 0.1) is 56.7 Å². The maximum absolute atomic E-state index is 14.4. The molecule has 5 aliphatic carbocycles. The number of hydrogen-bond donors (Lipinski definition) is 3. The van der Waals surface area contributed by atoms with Crippen molar-refractivity contribution in [2.45, 2.75) is 118 Å². The Morgan fingerprint density at radius 2 is 1.38 bits per heavy atom. The second-order valence-corrected chi connectivity index (χ2v) is 19.5. The highest BCUT2D eigenvalue weighted by atomic mass is 16.6. The summed E-state index contributed by atoms with van der Waals surface area (Å²) in [6.07, 6.45) is 5.12. The van der Waals surface area contributed by atoms with Crippen molar-refractivity contribution >= 4 is 11.9 Å². The van der Waals surface area contributed by atoms with Gasteiger partial charge in [-0.3, -0.25) is 0 Å². The minimum Gasteiger partial charge on any atom is -0.504 e. The van der Waals surface area contributed by atoms with Crippen LogP contribution in [-0.2, 0) is 9.47 Å². The number of esters is 2. The van der Waals surface area contributed by atoms with Gasteiger partial charge in [0.15, 0.2) is 23.0 Å². The van der Waals surface area contributed by atoms with Crippen molar-refractivity contribution in [2.75, 3.05) is 14.2 Å². The molecule has 0 heterocycles. The second-order valence-electron chi connectivity index (χ2n) is 19.5. The van der Waals surface area contributed by atoms with Crippen molar-refractivity contribution in [1.29, 1.82) is 0 Å². The van der Waals surface area contributed by atoms with Crippen molar-refractivity contribution in [1.82, 2.24) is 0 Å². The minimum atomic E-state index is -0.518. The molecule has 0 spiro atoms. The zero-order valence-electron chi connectivity index (χ0n) is 34.2. The predicted molar refractivity (Wildman–Crippen MR) is 209 cm³/mol. The van der Waals surface area contributed by atoms with Gasteiger partial charge < -0.3 is 34.3 Å². The van der Waals surface area contributed by atoms with Gasteiger partial charge in [-0.05, 0) is 140 Å². The van der Waals surface area contributed by atoms with Crippen LogP contribution < -0.4 is 9.47 Å². The first kappa shape index (κ1) is 39.5. The van der Waals surface area contributed by atoms with Crippen LogP contribution in [0.4, 0.5) is 0 Å². The fraction of sp³-hybridized carbons (Fsp3) is 0.652. The van der Waals surface area contributed by atoms with Crippen molar-refractivity contribution in [3.05, 3.63) is 59.7 Å². The lowest BCUT2D eigenvalue weighted by atomic mass is 9.31. The molecule has 55 heavy (non-hydrogen) atoms. The number of carbonyl (C=O) groups excluding carboxylic acids is 2. The molecule has 0 radical (unpaired) electrons. The lowest BCUT2D eigenvalue weighted by molar-refractivity contribution is -0.298. The smallest absolute Gasteiger partial charge is 0.338 e. The standard InChI is InChI=1S/C46H62O9/c1-25(2)28-15-18-43(5)24-37(55-41(51)27-12-14-31(48)33(22-27)53-10)46(8)29(38(28)43)23-34(54-40(50)26-11-13-30(47)32(21-26)52-9)39-44(6)19-17-36(49)42(3,4)35(44)16-20-45(39,46)7/h11-14,21-22,28-29,34-39,47-49H,1,15-20,23-24H2,2-10H3/t28-,29?,34+,35?,36-,37+,38?,39?,43+,44-,45+,46-/m0/s1. The summed E-state index contributed by atoms with van der Waals surface area (Å²) in [6.45, 7) is 20.5. The third-order valence-electron chi connectivity index (χ3n) is 16.7. The van der Waals surface area contributed by atoms with E-state index in [1.807, 2.05) is 0 Å². The van der Waals surface area contributed by atoms with Crippen LogP contribution in [0.25, 0.3) is 0 Å². The van der Waals surface area contributed by atoms with Crippen molar-refractivity contribution in [2.24, 2.45) is 56.7 Å². The monoisotopic (exact) mass is 758 g/mol. The number of phenols is 2. The summed E-state index contributed by atoms with van der Waals surface area (Å²) in [4.78, 5) is 28.6. The largest absolute Gasteiger partial charge is 0.504 e. The fourth-order valence-electron chi connectivity index (χ4n) is 13.9. The van der Waals surface area contributed by atoms with E-state index in [4.69, 9.17) is 18.9 Å². The van der Waals surface area contributed by atoms with Crippen LogP contribution >= 0.6 is 0 Å². The van der Waals surface area contributed by atoms with Gasteiger partial charge in [-0.1, -0.05) is 53.7 Å². The quantitative estimate of drug-likeness (QED) is 0.187. The van der Waals surface area contributed by atoms with Gasteiger partial charge in [0.25, 0.3) is 0 Å². The number of carbonyl (C=O) groups is 2. The van der Waals surface area contributed by atoms with Crippen molar-refractivity contribution < 1.29 is 43.9 Å². The Balaban J connectivity index is 1.39. The Morgan fingerprint density at radius 1 is 0.800 bits per heavy atom. The third kappa shape index (κ3) is 5.79. The maximum Gasteiger partial charge on any atom is 0.338 e. The first-order valence-electron chi connectivity index (χ1n) is 20.3. The van der Waals surface area contributed by atoms with Crippen LogP contribution in [0.1, 0.15) is 121 Å². The number of aliphatic hydroxyl groups excluding tert-OH is 1. The molecule has 9 nitrogen and oxygen atoms in total. The van der Waals surface area contributed by atoms with E-state index < -0.39 is 41.1 Å². The highest BCUT2D eigenvalue weighted by Crippen LogP contribution is 2.78. The number of aromatic hydroxyl groups is 2. The van der Waals surface area contributed by atoms with Crippen molar-refractivity contribution in [3.8, 4) is 23.0 Å². The van der Waals surface area contributed by atoms with E-state index in [1.54, 1.807) is 18.2 Å². The van der Waals surface area contributed by atoms with Gasteiger partial charge in [-0.25, -0.2) is 9.59 Å². The Labute approximate surface area is 326 Å². The summed E-state index contributed by atoms with van der Waals surface area (Å²) in [6, 6.07) is 9.17. The van der Waals surface area contributed by atoms with E-state index in [-0.39, 0.29) is 68.8 Å². The molecule has 0 amide bonds. The topological polar surface area (TPSA) is 132 Å². The van der Waals surface area contributed by atoms with E-state index in [2.05, 4.69) is 55.0 Å². The number of benzene rings is 2. The summed E-state index contributed by atoms with van der Waals surface area (Å²) >= 11 is 0. The Hall–Kier alpha value is -3.72. The maximum atomic E-state index is 14.4. The lowest BCUT2D eigenvalue weighted by Crippen LogP contribution is -2.73. The molecule has 0 saturated heterocycles. The van der Waals surface area contributed by atoms with E-state index in [9.17, 15) is 24.9 Å². The first-order valence-corrected chi connectivity index (χ1v) is 20.3. The predicted octanol–water partition coefficient (Wildman–Crippen LogP) is 9.12. The van der Waals surface area contributed by atoms with Gasteiger partial charge in [-0.15, -0.1) is 0 Å². The Bertz CT molecular complexity index is 1870. The summed E-state index contributed by atoms with van der Waals surface area (Å²) in [5.74, 6) is 0.0180. The molecule has 0 aliphatic heterocycles.